The van der Waals surface area contributed by atoms with Crippen LogP contribution in [0.4, 0.5) is 0 Å². The lowest BCUT2D eigenvalue weighted by molar-refractivity contribution is 0.0697. The standard InChI is InChI=1S/C15H18N2O3/c1-9-14(20-4)11(3)17(16-9)10(2)12-5-7-13(8-6-12)15(18)19/h5-8,10H,1-4H3,(H,18,19). The second-order valence-corrected chi connectivity index (χ2v) is 4.75. The van der Waals surface area contributed by atoms with Crippen molar-refractivity contribution in [2.45, 2.75) is 26.8 Å². The van der Waals surface area contributed by atoms with Gasteiger partial charge in [0.1, 0.15) is 5.69 Å². The predicted molar refractivity (Wildman–Crippen MR) is 75.5 cm³/mol. The number of aryl methyl sites for hydroxylation is 1. The monoisotopic (exact) mass is 274 g/mol. The number of carboxylic acids is 1. The molecule has 2 rings (SSSR count). The maximum absolute atomic E-state index is 10.9. The second kappa shape index (κ2) is 5.36. The molecule has 106 valence electrons. The molecule has 1 unspecified atom stereocenters. The van der Waals surface area contributed by atoms with Crippen LogP contribution < -0.4 is 4.74 Å². The van der Waals surface area contributed by atoms with Gasteiger partial charge in [-0.15, -0.1) is 0 Å². The Morgan fingerprint density at radius 2 is 1.90 bits per heavy atom. The van der Waals surface area contributed by atoms with E-state index in [1.165, 1.54) is 0 Å². The summed E-state index contributed by atoms with van der Waals surface area (Å²) < 4.78 is 7.22. The van der Waals surface area contributed by atoms with Crippen molar-refractivity contribution in [3.05, 3.63) is 46.8 Å². The largest absolute Gasteiger partial charge is 0.493 e. The van der Waals surface area contributed by atoms with E-state index in [4.69, 9.17) is 9.84 Å². The third-order valence-electron chi connectivity index (χ3n) is 3.47. The first-order chi connectivity index (χ1) is 9.45. The summed E-state index contributed by atoms with van der Waals surface area (Å²) in [5.74, 6) is -0.129. The van der Waals surface area contributed by atoms with Crippen molar-refractivity contribution in [3.8, 4) is 5.75 Å². The van der Waals surface area contributed by atoms with Gasteiger partial charge in [0.15, 0.2) is 5.75 Å². The summed E-state index contributed by atoms with van der Waals surface area (Å²) >= 11 is 0. The number of aromatic nitrogens is 2. The highest BCUT2D eigenvalue weighted by Crippen LogP contribution is 2.27. The number of rotatable bonds is 4. The molecule has 0 saturated carbocycles. The third-order valence-corrected chi connectivity index (χ3v) is 3.47. The maximum Gasteiger partial charge on any atom is 0.335 e. The Morgan fingerprint density at radius 3 is 2.35 bits per heavy atom. The summed E-state index contributed by atoms with van der Waals surface area (Å²) in [4.78, 5) is 10.9. The summed E-state index contributed by atoms with van der Waals surface area (Å²) in [6.45, 7) is 5.89. The van der Waals surface area contributed by atoms with Gasteiger partial charge in [0, 0.05) is 0 Å². The van der Waals surface area contributed by atoms with Crippen LogP contribution in [0, 0.1) is 13.8 Å². The van der Waals surface area contributed by atoms with Crippen molar-refractivity contribution in [3.63, 3.8) is 0 Å². The van der Waals surface area contributed by atoms with Crippen LogP contribution >= 0.6 is 0 Å². The second-order valence-electron chi connectivity index (χ2n) is 4.75. The van der Waals surface area contributed by atoms with Gasteiger partial charge in [-0.1, -0.05) is 12.1 Å². The average molecular weight is 274 g/mol. The number of benzene rings is 1. The number of carboxylic acid groups (broad SMARTS) is 1. The zero-order chi connectivity index (χ0) is 14.9. The average Bonchev–Trinajstić information content (AvgIpc) is 2.72. The molecule has 5 heteroatoms. The van der Waals surface area contributed by atoms with Crippen LogP contribution in [0.2, 0.25) is 0 Å². The molecule has 0 amide bonds. The van der Waals surface area contributed by atoms with Gasteiger partial charge < -0.3 is 9.84 Å². The highest BCUT2D eigenvalue weighted by atomic mass is 16.5. The molecule has 5 nitrogen and oxygen atoms in total. The van der Waals surface area contributed by atoms with E-state index in [0.717, 1.165) is 22.7 Å². The minimum absolute atomic E-state index is 0.0143. The Hall–Kier alpha value is -2.30. The molecule has 1 aromatic heterocycles. The van der Waals surface area contributed by atoms with Gasteiger partial charge in [-0.2, -0.15) is 5.10 Å². The molecule has 0 bridgehead atoms. The van der Waals surface area contributed by atoms with Gasteiger partial charge in [0.05, 0.1) is 24.4 Å². The summed E-state index contributed by atoms with van der Waals surface area (Å²) in [6, 6.07) is 6.86. The fraction of sp³-hybridized carbons (Fsp3) is 0.333. The molecule has 0 radical (unpaired) electrons. The molecule has 0 fully saturated rings. The SMILES string of the molecule is COc1c(C)nn(C(C)c2ccc(C(=O)O)cc2)c1C. The number of nitrogens with zero attached hydrogens (tertiary/aromatic N) is 2. The Kier molecular flexibility index (Phi) is 3.79. The molecule has 1 aromatic carbocycles. The molecule has 0 aliphatic carbocycles. The van der Waals surface area contributed by atoms with E-state index in [1.807, 2.05) is 37.6 Å². The van der Waals surface area contributed by atoms with Crippen molar-refractivity contribution in [2.24, 2.45) is 0 Å². The number of hydrogen-bond acceptors (Lipinski definition) is 3. The summed E-state index contributed by atoms with van der Waals surface area (Å²) in [7, 11) is 1.63. The minimum atomic E-state index is -0.919. The molecular weight excluding hydrogens is 256 g/mol. The predicted octanol–water partition coefficient (Wildman–Crippen LogP) is 2.82. The van der Waals surface area contributed by atoms with Gasteiger partial charge in [-0.25, -0.2) is 4.79 Å². The fourth-order valence-electron chi connectivity index (χ4n) is 2.37. The third kappa shape index (κ3) is 2.39. The molecule has 0 saturated heterocycles. The number of aromatic carboxylic acids is 1. The Bertz CT molecular complexity index is 629. The maximum atomic E-state index is 10.9. The van der Waals surface area contributed by atoms with Crippen LogP contribution in [0.25, 0.3) is 0 Å². The van der Waals surface area contributed by atoms with Crippen molar-refractivity contribution in [1.82, 2.24) is 9.78 Å². The molecule has 1 atom stereocenters. The Labute approximate surface area is 117 Å². The number of hydrogen-bond donors (Lipinski definition) is 1. The zero-order valence-corrected chi connectivity index (χ0v) is 12.0. The van der Waals surface area contributed by atoms with E-state index in [1.54, 1.807) is 19.2 Å². The van der Waals surface area contributed by atoms with Gasteiger partial charge in [0.25, 0.3) is 0 Å². The first kappa shape index (κ1) is 14.1. The van der Waals surface area contributed by atoms with Crippen molar-refractivity contribution < 1.29 is 14.6 Å². The Balaban J connectivity index is 2.36. The van der Waals surface area contributed by atoms with Gasteiger partial charge in [-0.05, 0) is 38.5 Å². The van der Waals surface area contributed by atoms with E-state index >= 15 is 0 Å². The fourth-order valence-corrected chi connectivity index (χ4v) is 2.37. The van der Waals surface area contributed by atoms with E-state index in [-0.39, 0.29) is 11.6 Å². The normalized spacial score (nSPS) is 12.2. The van der Waals surface area contributed by atoms with Gasteiger partial charge in [0.2, 0.25) is 0 Å². The van der Waals surface area contributed by atoms with E-state index < -0.39 is 5.97 Å². The van der Waals surface area contributed by atoms with E-state index in [0.29, 0.717) is 0 Å². The molecule has 0 aliphatic rings. The smallest absolute Gasteiger partial charge is 0.335 e. The molecule has 0 aliphatic heterocycles. The molecule has 20 heavy (non-hydrogen) atoms. The first-order valence-corrected chi connectivity index (χ1v) is 6.38. The lowest BCUT2D eigenvalue weighted by Gasteiger charge is -2.15. The van der Waals surface area contributed by atoms with Crippen LogP contribution in [-0.4, -0.2) is 28.0 Å². The number of ether oxygens (including phenoxy) is 1. The van der Waals surface area contributed by atoms with Crippen LogP contribution in [0.1, 0.15) is 40.3 Å². The van der Waals surface area contributed by atoms with Gasteiger partial charge in [-0.3, -0.25) is 4.68 Å². The summed E-state index contributed by atoms with van der Waals surface area (Å²) in [6.07, 6.45) is 0. The lowest BCUT2D eigenvalue weighted by Crippen LogP contribution is -2.10. The highest BCUT2D eigenvalue weighted by molar-refractivity contribution is 5.87. The quantitative estimate of drug-likeness (QED) is 0.931. The lowest BCUT2D eigenvalue weighted by atomic mass is 10.1. The molecule has 0 spiro atoms. The zero-order valence-electron chi connectivity index (χ0n) is 12.0. The number of carbonyl (C=O) groups is 1. The van der Waals surface area contributed by atoms with Crippen LogP contribution in [0.3, 0.4) is 0 Å². The van der Waals surface area contributed by atoms with Crippen LogP contribution in [0.5, 0.6) is 5.75 Å². The Morgan fingerprint density at radius 1 is 1.30 bits per heavy atom. The summed E-state index contributed by atoms with van der Waals surface area (Å²) in [5.41, 5.74) is 3.09. The van der Waals surface area contributed by atoms with Crippen LogP contribution in [0.15, 0.2) is 24.3 Å². The minimum Gasteiger partial charge on any atom is -0.493 e. The van der Waals surface area contributed by atoms with Crippen LogP contribution in [-0.2, 0) is 0 Å². The molecule has 2 aromatic rings. The molecule has 1 N–H and O–H groups in total. The topological polar surface area (TPSA) is 64.4 Å². The molecular formula is C15H18N2O3. The number of methoxy groups -OCH3 is 1. The van der Waals surface area contributed by atoms with Crippen molar-refractivity contribution >= 4 is 5.97 Å². The first-order valence-electron chi connectivity index (χ1n) is 6.38. The van der Waals surface area contributed by atoms with Gasteiger partial charge >= 0.3 is 5.97 Å². The summed E-state index contributed by atoms with van der Waals surface area (Å²) in [5, 5.41) is 13.4. The van der Waals surface area contributed by atoms with E-state index in [9.17, 15) is 4.79 Å². The molecule has 1 heterocycles. The van der Waals surface area contributed by atoms with E-state index in [2.05, 4.69) is 5.10 Å². The highest BCUT2D eigenvalue weighted by Gasteiger charge is 2.17. The van der Waals surface area contributed by atoms with Crippen molar-refractivity contribution in [2.75, 3.05) is 7.11 Å². The van der Waals surface area contributed by atoms with Crippen molar-refractivity contribution in [1.29, 1.82) is 0 Å².